The van der Waals surface area contributed by atoms with Crippen LogP contribution >= 0.6 is 27.5 Å². The zero-order valence-electron chi connectivity index (χ0n) is 11.0. The number of anilines is 1. The highest BCUT2D eigenvalue weighted by Crippen LogP contribution is 2.27. The highest BCUT2D eigenvalue weighted by atomic mass is 79.9. The normalized spacial score (nSPS) is 10.4. The minimum atomic E-state index is -0.235. The Morgan fingerprint density at radius 3 is 2.55 bits per heavy atom. The van der Waals surface area contributed by atoms with Gasteiger partial charge in [0.2, 0.25) is 0 Å². The minimum absolute atomic E-state index is 0.216. The first-order chi connectivity index (χ1) is 9.38. The minimum Gasteiger partial charge on any atom is -0.508 e. The van der Waals surface area contributed by atoms with Gasteiger partial charge in [0.25, 0.3) is 5.91 Å². The Morgan fingerprint density at radius 1 is 1.20 bits per heavy atom. The third-order valence-electron chi connectivity index (χ3n) is 2.97. The number of phenolic OH excluding ortho intramolecular Hbond substituents is 1. The van der Waals surface area contributed by atoms with Gasteiger partial charge in [-0.15, -0.1) is 0 Å². The number of carbonyl (C=O) groups is 1. The Bertz CT molecular complexity index is 686. The van der Waals surface area contributed by atoms with Crippen molar-refractivity contribution in [1.29, 1.82) is 0 Å². The predicted molar refractivity (Wildman–Crippen MR) is 84.7 cm³/mol. The standard InChI is InChI=1S/C15H13BrClNO2/c1-8-6-14(19)9(2)5-13(8)18-15(20)11-4-3-10(17)7-12(11)16/h3-7,19H,1-2H3,(H,18,20). The van der Waals surface area contributed by atoms with Gasteiger partial charge in [-0.05, 0) is 71.2 Å². The Hall–Kier alpha value is -1.52. The Labute approximate surface area is 130 Å². The van der Waals surface area contributed by atoms with Crippen molar-refractivity contribution in [3.8, 4) is 5.75 Å². The van der Waals surface area contributed by atoms with Crippen molar-refractivity contribution in [3.05, 3.63) is 56.5 Å². The fourth-order valence-electron chi connectivity index (χ4n) is 1.80. The first-order valence-corrected chi connectivity index (χ1v) is 7.12. The largest absolute Gasteiger partial charge is 0.508 e. The van der Waals surface area contributed by atoms with E-state index in [1.165, 1.54) is 0 Å². The van der Waals surface area contributed by atoms with Crippen molar-refractivity contribution in [3.63, 3.8) is 0 Å². The topological polar surface area (TPSA) is 49.3 Å². The summed E-state index contributed by atoms with van der Waals surface area (Å²) in [4.78, 5) is 12.2. The van der Waals surface area contributed by atoms with Gasteiger partial charge >= 0.3 is 0 Å². The molecule has 104 valence electrons. The number of amides is 1. The number of hydrogen-bond donors (Lipinski definition) is 2. The third-order valence-corrected chi connectivity index (χ3v) is 3.86. The molecule has 0 heterocycles. The van der Waals surface area contributed by atoms with Crippen LogP contribution in [0.5, 0.6) is 5.75 Å². The number of carbonyl (C=O) groups excluding carboxylic acids is 1. The molecule has 0 aromatic heterocycles. The predicted octanol–water partition coefficient (Wildman–Crippen LogP) is 4.68. The van der Waals surface area contributed by atoms with Crippen LogP contribution in [0, 0.1) is 13.8 Å². The summed E-state index contributed by atoms with van der Waals surface area (Å²) in [6, 6.07) is 8.36. The summed E-state index contributed by atoms with van der Waals surface area (Å²) in [6.07, 6.45) is 0. The van der Waals surface area contributed by atoms with E-state index in [-0.39, 0.29) is 11.7 Å². The van der Waals surface area contributed by atoms with Gasteiger partial charge in [-0.3, -0.25) is 4.79 Å². The summed E-state index contributed by atoms with van der Waals surface area (Å²) in [7, 11) is 0. The molecular formula is C15H13BrClNO2. The van der Waals surface area contributed by atoms with Gasteiger partial charge in [0, 0.05) is 15.2 Å². The Balaban J connectivity index is 2.30. The lowest BCUT2D eigenvalue weighted by molar-refractivity contribution is 0.102. The number of benzene rings is 2. The molecule has 0 spiro atoms. The summed E-state index contributed by atoms with van der Waals surface area (Å²) in [6.45, 7) is 3.61. The molecule has 0 radical (unpaired) electrons. The molecule has 2 aromatic rings. The van der Waals surface area contributed by atoms with Gasteiger partial charge < -0.3 is 10.4 Å². The third kappa shape index (κ3) is 3.14. The van der Waals surface area contributed by atoms with E-state index in [1.54, 1.807) is 37.3 Å². The number of rotatable bonds is 2. The van der Waals surface area contributed by atoms with E-state index in [0.29, 0.717) is 26.3 Å². The molecular weight excluding hydrogens is 342 g/mol. The van der Waals surface area contributed by atoms with Crippen molar-refractivity contribution in [1.82, 2.24) is 0 Å². The van der Waals surface area contributed by atoms with Crippen molar-refractivity contribution >= 4 is 39.1 Å². The average molecular weight is 355 g/mol. The second-order valence-electron chi connectivity index (χ2n) is 4.53. The molecule has 0 saturated carbocycles. The van der Waals surface area contributed by atoms with Crippen molar-refractivity contribution < 1.29 is 9.90 Å². The second kappa shape index (κ2) is 5.85. The van der Waals surface area contributed by atoms with Gasteiger partial charge in [0.05, 0.1) is 5.56 Å². The average Bonchev–Trinajstić information content (AvgIpc) is 2.35. The van der Waals surface area contributed by atoms with Crippen LogP contribution in [-0.2, 0) is 0 Å². The van der Waals surface area contributed by atoms with Crippen LogP contribution < -0.4 is 5.32 Å². The zero-order chi connectivity index (χ0) is 14.9. The maximum atomic E-state index is 12.2. The molecule has 0 saturated heterocycles. The molecule has 0 atom stereocenters. The molecule has 3 nitrogen and oxygen atoms in total. The summed E-state index contributed by atoms with van der Waals surface area (Å²) in [5, 5.41) is 13.0. The molecule has 2 aromatic carbocycles. The van der Waals surface area contributed by atoms with Crippen LogP contribution in [0.1, 0.15) is 21.5 Å². The lowest BCUT2D eigenvalue weighted by Gasteiger charge is -2.11. The van der Waals surface area contributed by atoms with E-state index in [2.05, 4.69) is 21.2 Å². The summed E-state index contributed by atoms with van der Waals surface area (Å²) < 4.78 is 0.635. The van der Waals surface area contributed by atoms with Gasteiger partial charge in [-0.1, -0.05) is 11.6 Å². The fraction of sp³-hybridized carbons (Fsp3) is 0.133. The summed E-state index contributed by atoms with van der Waals surface area (Å²) >= 11 is 9.18. The van der Waals surface area contributed by atoms with Crippen molar-refractivity contribution in [2.75, 3.05) is 5.32 Å². The number of halogens is 2. The second-order valence-corrected chi connectivity index (χ2v) is 5.82. The highest BCUT2D eigenvalue weighted by molar-refractivity contribution is 9.10. The number of aryl methyl sites for hydroxylation is 2. The van der Waals surface area contributed by atoms with E-state index < -0.39 is 0 Å². The fourth-order valence-corrected chi connectivity index (χ4v) is 2.66. The van der Waals surface area contributed by atoms with E-state index in [0.717, 1.165) is 5.56 Å². The number of nitrogens with one attached hydrogen (secondary N) is 1. The number of aromatic hydroxyl groups is 1. The van der Waals surface area contributed by atoms with Crippen LogP contribution in [0.25, 0.3) is 0 Å². The Kier molecular flexibility index (Phi) is 4.35. The van der Waals surface area contributed by atoms with Crippen LogP contribution in [0.3, 0.4) is 0 Å². The maximum Gasteiger partial charge on any atom is 0.256 e. The first-order valence-electron chi connectivity index (χ1n) is 5.95. The molecule has 0 aliphatic rings. The smallest absolute Gasteiger partial charge is 0.256 e. The zero-order valence-corrected chi connectivity index (χ0v) is 13.3. The van der Waals surface area contributed by atoms with Crippen molar-refractivity contribution in [2.24, 2.45) is 0 Å². The van der Waals surface area contributed by atoms with Gasteiger partial charge in [-0.2, -0.15) is 0 Å². The molecule has 2 N–H and O–H groups in total. The SMILES string of the molecule is Cc1cc(NC(=O)c2ccc(Cl)cc2Br)c(C)cc1O. The van der Waals surface area contributed by atoms with Crippen LogP contribution in [0.15, 0.2) is 34.8 Å². The molecule has 2 rings (SSSR count). The van der Waals surface area contributed by atoms with Crippen LogP contribution in [-0.4, -0.2) is 11.0 Å². The molecule has 0 fully saturated rings. The summed E-state index contributed by atoms with van der Waals surface area (Å²) in [5.74, 6) is -0.0186. The molecule has 0 bridgehead atoms. The monoisotopic (exact) mass is 353 g/mol. The van der Waals surface area contributed by atoms with Crippen molar-refractivity contribution in [2.45, 2.75) is 13.8 Å². The Morgan fingerprint density at radius 2 is 1.90 bits per heavy atom. The number of hydrogen-bond acceptors (Lipinski definition) is 2. The van der Waals surface area contributed by atoms with Gasteiger partial charge in [0.1, 0.15) is 5.75 Å². The lowest BCUT2D eigenvalue weighted by Crippen LogP contribution is -2.13. The molecule has 20 heavy (non-hydrogen) atoms. The van der Waals surface area contributed by atoms with E-state index in [9.17, 15) is 9.90 Å². The maximum absolute atomic E-state index is 12.2. The molecule has 0 aliphatic heterocycles. The quantitative estimate of drug-likeness (QED) is 0.770. The molecule has 0 aliphatic carbocycles. The van der Waals surface area contributed by atoms with Crippen LogP contribution in [0.2, 0.25) is 5.02 Å². The summed E-state index contributed by atoms with van der Waals surface area (Å²) in [5.41, 5.74) is 2.68. The van der Waals surface area contributed by atoms with Crippen LogP contribution in [0.4, 0.5) is 5.69 Å². The van der Waals surface area contributed by atoms with E-state index >= 15 is 0 Å². The molecule has 0 unspecified atom stereocenters. The van der Waals surface area contributed by atoms with Gasteiger partial charge in [-0.25, -0.2) is 0 Å². The highest BCUT2D eigenvalue weighted by Gasteiger charge is 2.12. The molecule has 5 heteroatoms. The van der Waals surface area contributed by atoms with E-state index in [4.69, 9.17) is 11.6 Å². The molecule has 1 amide bonds. The first kappa shape index (κ1) is 14.9. The van der Waals surface area contributed by atoms with Gasteiger partial charge in [0.15, 0.2) is 0 Å². The number of phenols is 1. The lowest BCUT2D eigenvalue weighted by atomic mass is 10.1. The van der Waals surface area contributed by atoms with E-state index in [1.807, 2.05) is 6.92 Å².